The summed E-state index contributed by atoms with van der Waals surface area (Å²) in [5.41, 5.74) is 6.94. The molecule has 0 atom stereocenters. The molecule has 1 aromatic carbocycles. The summed E-state index contributed by atoms with van der Waals surface area (Å²) in [6.07, 6.45) is 2.14. The van der Waals surface area contributed by atoms with E-state index in [1.54, 1.807) is 0 Å². The minimum Gasteiger partial charge on any atom is -0.325 e. The van der Waals surface area contributed by atoms with E-state index in [1.165, 1.54) is 0 Å². The zero-order valence-corrected chi connectivity index (χ0v) is 11.9. The number of nitrogens with two attached hydrogens (primary N) is 1. The summed E-state index contributed by atoms with van der Waals surface area (Å²) in [6, 6.07) is 7.50. The number of likely N-dealkylation sites (tertiary alicyclic amines) is 1. The van der Waals surface area contributed by atoms with Crippen LogP contribution in [0.15, 0.2) is 24.3 Å². The van der Waals surface area contributed by atoms with Crippen LogP contribution in [0.5, 0.6) is 0 Å². The van der Waals surface area contributed by atoms with Crippen molar-refractivity contribution in [2.45, 2.75) is 19.8 Å². The first-order valence-electron chi connectivity index (χ1n) is 7.04. The van der Waals surface area contributed by atoms with E-state index < -0.39 is 0 Å². The first-order valence-corrected chi connectivity index (χ1v) is 7.04. The highest BCUT2D eigenvalue weighted by molar-refractivity contribution is 5.91. The van der Waals surface area contributed by atoms with Crippen molar-refractivity contribution in [2.24, 2.45) is 11.7 Å². The Morgan fingerprint density at radius 2 is 2.10 bits per heavy atom. The van der Waals surface area contributed by atoms with E-state index >= 15 is 0 Å². The first kappa shape index (κ1) is 14.4. The van der Waals surface area contributed by atoms with Crippen molar-refractivity contribution in [3.8, 4) is 11.8 Å². The van der Waals surface area contributed by atoms with E-state index in [9.17, 15) is 4.79 Å². The topological polar surface area (TPSA) is 58.4 Å². The van der Waals surface area contributed by atoms with Crippen molar-refractivity contribution in [2.75, 3.05) is 25.0 Å². The summed E-state index contributed by atoms with van der Waals surface area (Å²) in [5.74, 6) is 6.51. The number of nitrogens with zero attached hydrogens (tertiary/aromatic N) is 1. The Labute approximate surface area is 120 Å². The fourth-order valence-corrected chi connectivity index (χ4v) is 2.25. The van der Waals surface area contributed by atoms with Gasteiger partial charge < -0.3 is 16.0 Å². The fourth-order valence-electron chi connectivity index (χ4n) is 2.25. The van der Waals surface area contributed by atoms with E-state index in [1.807, 2.05) is 29.2 Å². The zero-order chi connectivity index (χ0) is 14.4. The molecule has 4 heteroatoms. The summed E-state index contributed by atoms with van der Waals surface area (Å²) in [7, 11) is 0. The summed E-state index contributed by atoms with van der Waals surface area (Å²) in [4.78, 5) is 14.1. The van der Waals surface area contributed by atoms with Crippen molar-refractivity contribution in [3.05, 3.63) is 29.8 Å². The molecule has 1 aromatic rings. The third-order valence-electron chi connectivity index (χ3n) is 3.56. The van der Waals surface area contributed by atoms with Gasteiger partial charge in [0.1, 0.15) is 0 Å². The minimum absolute atomic E-state index is 0.0427. The van der Waals surface area contributed by atoms with Crippen molar-refractivity contribution >= 4 is 11.7 Å². The fraction of sp³-hybridized carbons (Fsp3) is 0.438. The van der Waals surface area contributed by atoms with Gasteiger partial charge in [0.2, 0.25) is 0 Å². The van der Waals surface area contributed by atoms with Crippen LogP contribution in [0.4, 0.5) is 10.5 Å². The van der Waals surface area contributed by atoms with E-state index in [4.69, 9.17) is 5.73 Å². The van der Waals surface area contributed by atoms with Crippen molar-refractivity contribution in [1.29, 1.82) is 0 Å². The van der Waals surface area contributed by atoms with E-state index in [0.29, 0.717) is 12.5 Å². The smallest absolute Gasteiger partial charge is 0.321 e. The number of urea groups is 1. The molecule has 3 N–H and O–H groups in total. The average Bonchev–Trinajstić information content (AvgIpc) is 2.47. The number of hydrogen-bond acceptors (Lipinski definition) is 2. The highest BCUT2D eigenvalue weighted by Crippen LogP contribution is 2.18. The van der Waals surface area contributed by atoms with Gasteiger partial charge in [-0.15, -0.1) is 0 Å². The minimum atomic E-state index is -0.0427. The van der Waals surface area contributed by atoms with Gasteiger partial charge in [0.15, 0.2) is 0 Å². The Kier molecular flexibility index (Phi) is 5.03. The maximum absolute atomic E-state index is 12.2. The first-order chi connectivity index (χ1) is 9.70. The maximum Gasteiger partial charge on any atom is 0.321 e. The monoisotopic (exact) mass is 271 g/mol. The average molecular weight is 271 g/mol. The third-order valence-corrected chi connectivity index (χ3v) is 3.56. The number of carbonyl (C=O) groups is 1. The number of piperidine rings is 1. The predicted molar refractivity (Wildman–Crippen MR) is 81.4 cm³/mol. The Hall–Kier alpha value is -1.99. The number of para-hydroxylation sites is 1. The quantitative estimate of drug-likeness (QED) is 0.770. The number of nitrogens with one attached hydrogen (secondary N) is 1. The molecule has 1 heterocycles. The van der Waals surface area contributed by atoms with Gasteiger partial charge in [-0.3, -0.25) is 0 Å². The van der Waals surface area contributed by atoms with Crippen LogP contribution in [0.2, 0.25) is 0 Å². The predicted octanol–water partition coefficient (Wildman–Crippen LogP) is 2.26. The maximum atomic E-state index is 12.2. The van der Waals surface area contributed by atoms with Crippen LogP contribution in [0, 0.1) is 17.8 Å². The molecule has 4 nitrogen and oxygen atoms in total. The summed E-state index contributed by atoms with van der Waals surface area (Å²) in [6.45, 7) is 4.19. The van der Waals surface area contributed by atoms with Gasteiger partial charge in [0, 0.05) is 18.7 Å². The largest absolute Gasteiger partial charge is 0.325 e. The number of amides is 2. The lowest BCUT2D eigenvalue weighted by atomic mass is 10.00. The van der Waals surface area contributed by atoms with Crippen LogP contribution >= 0.6 is 0 Å². The van der Waals surface area contributed by atoms with Gasteiger partial charge in [-0.05, 0) is 30.9 Å². The molecule has 106 valence electrons. The second-order valence-corrected chi connectivity index (χ2v) is 5.15. The third kappa shape index (κ3) is 3.75. The van der Waals surface area contributed by atoms with Crippen molar-refractivity contribution in [1.82, 2.24) is 4.90 Å². The van der Waals surface area contributed by atoms with Gasteiger partial charge in [0.25, 0.3) is 0 Å². The molecule has 0 aromatic heterocycles. The van der Waals surface area contributed by atoms with E-state index in [-0.39, 0.29) is 6.03 Å². The lowest BCUT2D eigenvalue weighted by Gasteiger charge is -2.30. The molecule has 1 aliphatic heterocycles. The molecule has 0 bridgehead atoms. The van der Waals surface area contributed by atoms with Gasteiger partial charge in [-0.25, -0.2) is 4.79 Å². The number of benzene rings is 1. The van der Waals surface area contributed by atoms with Crippen LogP contribution < -0.4 is 11.1 Å². The number of anilines is 1. The van der Waals surface area contributed by atoms with Crippen molar-refractivity contribution in [3.63, 3.8) is 0 Å². The van der Waals surface area contributed by atoms with Gasteiger partial charge in [-0.2, -0.15) is 0 Å². The Morgan fingerprint density at radius 3 is 2.80 bits per heavy atom. The molecule has 0 saturated carbocycles. The summed E-state index contributed by atoms with van der Waals surface area (Å²) in [5, 5.41) is 2.95. The molecule has 0 spiro atoms. The molecule has 20 heavy (non-hydrogen) atoms. The standard InChI is InChI=1S/C16H21N3O/c1-13-8-11-19(12-9-13)16(20)18-15-7-3-2-5-14(15)6-4-10-17/h2-3,5,7,13H,8-12,17H2,1H3,(H,18,20). The molecule has 1 aliphatic rings. The van der Waals surface area contributed by atoms with Crippen LogP contribution in [0.1, 0.15) is 25.3 Å². The van der Waals surface area contributed by atoms with E-state index in [0.717, 1.165) is 37.2 Å². The number of carbonyl (C=O) groups excluding carboxylic acids is 1. The lowest BCUT2D eigenvalue weighted by Crippen LogP contribution is -2.40. The SMILES string of the molecule is CC1CCN(C(=O)Nc2ccccc2C#CCN)CC1. The van der Waals surface area contributed by atoms with Crippen molar-refractivity contribution < 1.29 is 4.79 Å². The highest BCUT2D eigenvalue weighted by Gasteiger charge is 2.20. The zero-order valence-electron chi connectivity index (χ0n) is 11.9. The normalized spacial score (nSPS) is 15.4. The van der Waals surface area contributed by atoms with E-state index in [2.05, 4.69) is 24.1 Å². The molecule has 2 rings (SSSR count). The summed E-state index contributed by atoms with van der Waals surface area (Å²) < 4.78 is 0. The second-order valence-electron chi connectivity index (χ2n) is 5.15. The number of hydrogen-bond donors (Lipinski definition) is 2. The Balaban J connectivity index is 2.04. The van der Waals surface area contributed by atoms with Gasteiger partial charge in [0.05, 0.1) is 12.2 Å². The molecule has 1 saturated heterocycles. The van der Waals surface area contributed by atoms with Gasteiger partial charge >= 0.3 is 6.03 Å². The van der Waals surface area contributed by atoms with Crippen LogP contribution in [0.3, 0.4) is 0 Å². The molecule has 0 aliphatic carbocycles. The van der Waals surface area contributed by atoms with Gasteiger partial charge in [-0.1, -0.05) is 30.9 Å². The second kappa shape index (κ2) is 6.97. The highest BCUT2D eigenvalue weighted by atomic mass is 16.2. The summed E-state index contributed by atoms with van der Waals surface area (Å²) >= 11 is 0. The molecular formula is C16H21N3O. The molecule has 0 radical (unpaired) electrons. The Morgan fingerprint density at radius 1 is 1.40 bits per heavy atom. The number of rotatable bonds is 1. The Bertz CT molecular complexity index is 522. The van der Waals surface area contributed by atoms with Crippen LogP contribution in [-0.2, 0) is 0 Å². The lowest BCUT2D eigenvalue weighted by molar-refractivity contribution is 0.186. The molecular weight excluding hydrogens is 250 g/mol. The van der Waals surface area contributed by atoms with Crippen LogP contribution in [0.25, 0.3) is 0 Å². The molecule has 2 amide bonds. The molecule has 1 fully saturated rings. The molecule has 0 unspecified atom stereocenters. The van der Waals surface area contributed by atoms with Crippen LogP contribution in [-0.4, -0.2) is 30.6 Å².